The minimum atomic E-state index is 0.813. The summed E-state index contributed by atoms with van der Waals surface area (Å²) in [6.07, 6.45) is 9.51. The van der Waals surface area contributed by atoms with E-state index < -0.39 is 0 Å². The third-order valence-corrected chi connectivity index (χ3v) is 4.37. The van der Waals surface area contributed by atoms with Crippen molar-refractivity contribution in [1.82, 2.24) is 9.80 Å². The van der Waals surface area contributed by atoms with Crippen LogP contribution in [-0.4, -0.2) is 41.6 Å². The number of hydrogen-bond donors (Lipinski definition) is 0. The summed E-state index contributed by atoms with van der Waals surface area (Å²) in [4.78, 5) is 5.45. The average molecular weight is 180 g/mol. The molecule has 74 valence electrons. The van der Waals surface area contributed by atoms with Gasteiger partial charge in [0, 0.05) is 18.6 Å². The van der Waals surface area contributed by atoms with Crippen molar-refractivity contribution in [3.63, 3.8) is 0 Å². The molecule has 2 aliphatic heterocycles. The summed E-state index contributed by atoms with van der Waals surface area (Å²) >= 11 is 0. The summed E-state index contributed by atoms with van der Waals surface area (Å²) in [7, 11) is 2.35. The Balaban J connectivity index is 1.85. The standard InChI is InChI=1S/C11H20N2/c1-12-9-5-2-3-6-10(9)13-8-4-7-11(12)13/h9-11H,2-8H2,1H3. The Kier molecular flexibility index (Phi) is 1.88. The van der Waals surface area contributed by atoms with E-state index in [0.717, 1.165) is 18.2 Å². The molecule has 3 unspecified atom stereocenters. The van der Waals surface area contributed by atoms with Crippen LogP contribution in [0.3, 0.4) is 0 Å². The van der Waals surface area contributed by atoms with Gasteiger partial charge >= 0.3 is 0 Å². The molecule has 1 saturated carbocycles. The molecule has 0 radical (unpaired) electrons. The molecule has 3 atom stereocenters. The van der Waals surface area contributed by atoms with E-state index in [1.54, 1.807) is 0 Å². The third-order valence-electron chi connectivity index (χ3n) is 4.37. The van der Waals surface area contributed by atoms with Gasteiger partial charge in [-0.3, -0.25) is 9.80 Å². The number of nitrogens with zero attached hydrogens (tertiary/aromatic N) is 2. The van der Waals surface area contributed by atoms with Crippen molar-refractivity contribution in [2.24, 2.45) is 0 Å². The van der Waals surface area contributed by atoms with Gasteiger partial charge in [-0.05, 0) is 32.7 Å². The van der Waals surface area contributed by atoms with Crippen LogP contribution in [0.15, 0.2) is 0 Å². The molecule has 2 nitrogen and oxygen atoms in total. The maximum Gasteiger partial charge on any atom is 0.0626 e. The molecule has 0 aromatic heterocycles. The highest BCUT2D eigenvalue weighted by atomic mass is 15.5. The molecule has 0 amide bonds. The zero-order chi connectivity index (χ0) is 8.84. The highest BCUT2D eigenvalue weighted by Crippen LogP contribution is 2.39. The molecule has 3 fully saturated rings. The smallest absolute Gasteiger partial charge is 0.0626 e. The molecule has 2 heteroatoms. The molecule has 13 heavy (non-hydrogen) atoms. The molecule has 0 aromatic carbocycles. The maximum atomic E-state index is 2.78. The number of likely N-dealkylation sites (N-methyl/N-ethyl adjacent to an activating group) is 1. The second-order valence-electron chi connectivity index (χ2n) is 4.95. The van der Waals surface area contributed by atoms with Crippen molar-refractivity contribution in [2.45, 2.75) is 56.8 Å². The van der Waals surface area contributed by atoms with Gasteiger partial charge in [0.15, 0.2) is 0 Å². The Morgan fingerprint density at radius 1 is 0.923 bits per heavy atom. The molecule has 0 aromatic rings. The molecule has 0 N–H and O–H groups in total. The van der Waals surface area contributed by atoms with Gasteiger partial charge < -0.3 is 0 Å². The van der Waals surface area contributed by atoms with Crippen molar-refractivity contribution < 1.29 is 0 Å². The summed E-state index contributed by atoms with van der Waals surface area (Å²) in [5.41, 5.74) is 0. The van der Waals surface area contributed by atoms with Crippen molar-refractivity contribution in [3.8, 4) is 0 Å². The van der Waals surface area contributed by atoms with Gasteiger partial charge in [-0.1, -0.05) is 12.8 Å². The van der Waals surface area contributed by atoms with Gasteiger partial charge in [0.1, 0.15) is 0 Å². The Hall–Kier alpha value is -0.0800. The largest absolute Gasteiger partial charge is 0.286 e. The van der Waals surface area contributed by atoms with E-state index >= 15 is 0 Å². The van der Waals surface area contributed by atoms with Crippen molar-refractivity contribution >= 4 is 0 Å². The first-order valence-corrected chi connectivity index (χ1v) is 5.85. The fourth-order valence-electron chi connectivity index (χ4n) is 3.77. The monoisotopic (exact) mass is 180 g/mol. The molecule has 3 aliphatic rings. The van der Waals surface area contributed by atoms with Gasteiger partial charge in [0.25, 0.3) is 0 Å². The number of hydrogen-bond acceptors (Lipinski definition) is 2. The fourth-order valence-corrected chi connectivity index (χ4v) is 3.77. The SMILES string of the molecule is CN1C2CCCCC2N2CCCC12. The Labute approximate surface area is 80.9 Å². The highest BCUT2D eigenvalue weighted by Gasteiger charge is 2.47. The van der Waals surface area contributed by atoms with E-state index in [1.165, 1.54) is 45.1 Å². The van der Waals surface area contributed by atoms with Gasteiger partial charge in [0.05, 0.1) is 6.17 Å². The summed E-state index contributed by atoms with van der Waals surface area (Å²) in [5.74, 6) is 0. The number of rotatable bonds is 0. The first-order chi connectivity index (χ1) is 6.38. The molecule has 2 saturated heterocycles. The minimum Gasteiger partial charge on any atom is -0.286 e. The molecule has 2 heterocycles. The zero-order valence-corrected chi connectivity index (χ0v) is 8.58. The highest BCUT2D eigenvalue weighted by molar-refractivity contribution is 5.01. The van der Waals surface area contributed by atoms with E-state index in [2.05, 4.69) is 16.8 Å². The predicted octanol–water partition coefficient (Wildman–Crippen LogP) is 1.66. The van der Waals surface area contributed by atoms with E-state index in [1.807, 2.05) is 0 Å². The van der Waals surface area contributed by atoms with E-state index in [4.69, 9.17) is 0 Å². The van der Waals surface area contributed by atoms with Crippen LogP contribution < -0.4 is 0 Å². The molecular weight excluding hydrogens is 160 g/mol. The lowest BCUT2D eigenvalue weighted by Gasteiger charge is -2.31. The van der Waals surface area contributed by atoms with Gasteiger partial charge in [-0.15, -0.1) is 0 Å². The summed E-state index contributed by atoms with van der Waals surface area (Å²) < 4.78 is 0. The van der Waals surface area contributed by atoms with E-state index in [9.17, 15) is 0 Å². The zero-order valence-electron chi connectivity index (χ0n) is 8.58. The molecule has 0 spiro atoms. The van der Waals surface area contributed by atoms with E-state index in [-0.39, 0.29) is 0 Å². The fraction of sp³-hybridized carbons (Fsp3) is 1.00. The van der Waals surface area contributed by atoms with E-state index in [0.29, 0.717) is 0 Å². The third kappa shape index (κ3) is 1.08. The first kappa shape index (κ1) is 8.25. The second-order valence-corrected chi connectivity index (χ2v) is 4.95. The second kappa shape index (κ2) is 2.96. The first-order valence-electron chi connectivity index (χ1n) is 5.85. The lowest BCUT2D eigenvalue weighted by Crippen LogP contribution is -2.38. The molecule has 1 aliphatic carbocycles. The Bertz CT molecular complexity index is 202. The summed E-state index contributed by atoms with van der Waals surface area (Å²) in [6, 6.07) is 1.82. The van der Waals surface area contributed by atoms with Crippen LogP contribution in [0.2, 0.25) is 0 Å². The summed E-state index contributed by atoms with van der Waals surface area (Å²) in [6.45, 7) is 1.37. The van der Waals surface area contributed by atoms with Crippen LogP contribution >= 0.6 is 0 Å². The van der Waals surface area contributed by atoms with Gasteiger partial charge in [0.2, 0.25) is 0 Å². The summed E-state index contributed by atoms with van der Waals surface area (Å²) in [5, 5.41) is 0. The predicted molar refractivity (Wildman–Crippen MR) is 53.5 cm³/mol. The van der Waals surface area contributed by atoms with Crippen LogP contribution in [0, 0.1) is 0 Å². The maximum absolute atomic E-state index is 2.78. The minimum absolute atomic E-state index is 0.813. The van der Waals surface area contributed by atoms with Crippen LogP contribution in [0.4, 0.5) is 0 Å². The van der Waals surface area contributed by atoms with Crippen molar-refractivity contribution in [2.75, 3.05) is 13.6 Å². The lowest BCUT2D eigenvalue weighted by molar-refractivity contribution is 0.181. The van der Waals surface area contributed by atoms with Crippen LogP contribution in [-0.2, 0) is 0 Å². The average Bonchev–Trinajstić information content (AvgIpc) is 2.72. The van der Waals surface area contributed by atoms with Crippen LogP contribution in [0.1, 0.15) is 38.5 Å². The normalized spacial score (nSPS) is 46.4. The van der Waals surface area contributed by atoms with Gasteiger partial charge in [-0.2, -0.15) is 0 Å². The quantitative estimate of drug-likeness (QED) is 0.559. The molecular formula is C11H20N2. The van der Waals surface area contributed by atoms with Gasteiger partial charge in [-0.25, -0.2) is 0 Å². The topological polar surface area (TPSA) is 6.48 Å². The van der Waals surface area contributed by atoms with Crippen molar-refractivity contribution in [1.29, 1.82) is 0 Å². The molecule has 0 bridgehead atoms. The Morgan fingerprint density at radius 3 is 2.54 bits per heavy atom. The molecule has 3 rings (SSSR count). The Morgan fingerprint density at radius 2 is 1.69 bits per heavy atom. The van der Waals surface area contributed by atoms with Crippen molar-refractivity contribution in [3.05, 3.63) is 0 Å². The number of fused-ring (bicyclic) bond motifs is 3. The lowest BCUT2D eigenvalue weighted by atomic mass is 9.90. The van der Waals surface area contributed by atoms with Crippen LogP contribution in [0.25, 0.3) is 0 Å². The van der Waals surface area contributed by atoms with Crippen LogP contribution in [0.5, 0.6) is 0 Å².